The number of hydrogen-bond acceptors (Lipinski definition) is 3. The van der Waals surface area contributed by atoms with Gasteiger partial charge in [-0.15, -0.1) is 11.8 Å². The van der Waals surface area contributed by atoms with E-state index in [1.807, 2.05) is 0 Å². The predicted molar refractivity (Wildman–Crippen MR) is 88.1 cm³/mol. The first-order valence-electron chi connectivity index (χ1n) is 7.66. The number of carbonyl (C=O) groups is 2. The zero-order chi connectivity index (χ0) is 17.3. The number of hydrogen-bond donors (Lipinski definition) is 3. The summed E-state index contributed by atoms with van der Waals surface area (Å²) in [5.41, 5.74) is 6.66. The molecule has 0 saturated carbocycles. The minimum absolute atomic E-state index is 0.128. The zero-order valence-electron chi connectivity index (χ0n) is 12.8. The van der Waals surface area contributed by atoms with E-state index in [1.54, 1.807) is 0 Å². The topological polar surface area (TPSA) is 84.2 Å². The van der Waals surface area contributed by atoms with Gasteiger partial charge in [-0.25, -0.2) is 13.6 Å². The van der Waals surface area contributed by atoms with Crippen molar-refractivity contribution in [3.8, 4) is 0 Å². The van der Waals surface area contributed by atoms with Crippen LogP contribution in [-0.4, -0.2) is 17.3 Å². The van der Waals surface area contributed by atoms with E-state index in [9.17, 15) is 18.4 Å². The van der Waals surface area contributed by atoms with Gasteiger partial charge in [0.05, 0.1) is 11.3 Å². The number of rotatable bonds is 3. The first kappa shape index (κ1) is 16.8. The Morgan fingerprint density at radius 3 is 2.62 bits per heavy atom. The maximum atomic E-state index is 13.2. The molecule has 2 unspecified atom stereocenters. The Hall–Kier alpha value is -2.09. The Bertz CT molecular complexity index is 723. The van der Waals surface area contributed by atoms with E-state index in [1.165, 1.54) is 17.8 Å². The molecule has 4 N–H and O–H groups in total. The number of thioether (sulfide) groups is 1. The number of nitrogens with one attached hydrogen (secondary N) is 2. The lowest BCUT2D eigenvalue weighted by molar-refractivity contribution is -0.120. The second-order valence-electron chi connectivity index (χ2n) is 5.80. The molecule has 128 valence electrons. The maximum absolute atomic E-state index is 13.2. The number of anilines is 1. The number of benzene rings is 1. The van der Waals surface area contributed by atoms with Crippen molar-refractivity contribution in [2.45, 2.75) is 31.1 Å². The van der Waals surface area contributed by atoms with Gasteiger partial charge >= 0.3 is 6.03 Å². The summed E-state index contributed by atoms with van der Waals surface area (Å²) in [7, 11) is 0. The molecule has 1 aliphatic heterocycles. The number of halogens is 2. The summed E-state index contributed by atoms with van der Waals surface area (Å²) < 4.78 is 26.1. The van der Waals surface area contributed by atoms with E-state index in [0.717, 1.165) is 48.3 Å². The van der Waals surface area contributed by atoms with Crippen LogP contribution >= 0.6 is 11.8 Å². The first-order chi connectivity index (χ1) is 11.5. The summed E-state index contributed by atoms with van der Waals surface area (Å²) in [6.45, 7) is 0. The Morgan fingerprint density at radius 2 is 1.92 bits per heavy atom. The Morgan fingerprint density at radius 1 is 1.17 bits per heavy atom. The van der Waals surface area contributed by atoms with Crippen molar-refractivity contribution in [3.63, 3.8) is 0 Å². The SMILES string of the molecule is NC(=O)C1C2=C(CCCC2)SC1NC(=O)Nc1ccc(F)c(F)c1. The maximum Gasteiger partial charge on any atom is 0.320 e. The van der Waals surface area contributed by atoms with Crippen LogP contribution < -0.4 is 16.4 Å². The van der Waals surface area contributed by atoms with Crippen LogP contribution in [0.1, 0.15) is 25.7 Å². The fourth-order valence-electron chi connectivity index (χ4n) is 3.07. The second kappa shape index (κ2) is 6.80. The molecule has 2 aliphatic rings. The molecule has 0 aromatic heterocycles. The number of amides is 3. The fourth-order valence-corrected chi connectivity index (χ4v) is 4.62. The molecule has 24 heavy (non-hydrogen) atoms. The van der Waals surface area contributed by atoms with Gasteiger partial charge in [-0.3, -0.25) is 4.79 Å². The standard InChI is InChI=1S/C16H17F2N3O2S/c17-10-6-5-8(7-11(10)18)20-16(23)21-15-13(14(19)22)9-3-1-2-4-12(9)24-15/h5-7,13,15H,1-4H2,(H2,19,22)(H2,20,21,23). The molecule has 1 aromatic rings. The van der Waals surface area contributed by atoms with Gasteiger partial charge < -0.3 is 16.4 Å². The van der Waals surface area contributed by atoms with Crippen LogP contribution in [-0.2, 0) is 4.79 Å². The summed E-state index contributed by atoms with van der Waals surface area (Å²) in [6.07, 6.45) is 3.79. The molecule has 0 fully saturated rings. The summed E-state index contributed by atoms with van der Waals surface area (Å²) in [5, 5.41) is 4.66. The van der Waals surface area contributed by atoms with Crippen LogP contribution in [0.15, 0.2) is 28.7 Å². The van der Waals surface area contributed by atoms with Crippen molar-refractivity contribution in [2.75, 3.05) is 5.32 Å². The van der Waals surface area contributed by atoms with Crippen LogP contribution in [0, 0.1) is 17.6 Å². The predicted octanol–water partition coefficient (Wildman–Crippen LogP) is 3.09. The summed E-state index contributed by atoms with van der Waals surface area (Å²) in [4.78, 5) is 25.0. The monoisotopic (exact) mass is 353 g/mol. The molecular formula is C16H17F2N3O2S. The van der Waals surface area contributed by atoms with Gasteiger partial charge in [-0.05, 0) is 48.3 Å². The molecule has 8 heteroatoms. The highest BCUT2D eigenvalue weighted by Crippen LogP contribution is 2.47. The molecule has 1 aromatic carbocycles. The van der Waals surface area contributed by atoms with Crippen LogP contribution in [0.3, 0.4) is 0 Å². The van der Waals surface area contributed by atoms with Gasteiger partial charge in [0.1, 0.15) is 0 Å². The van der Waals surface area contributed by atoms with Crippen LogP contribution in [0.5, 0.6) is 0 Å². The number of nitrogens with two attached hydrogens (primary N) is 1. The molecule has 1 heterocycles. The molecule has 5 nitrogen and oxygen atoms in total. The lowest BCUT2D eigenvalue weighted by atomic mass is 9.88. The smallest absolute Gasteiger partial charge is 0.320 e. The van der Waals surface area contributed by atoms with Crippen molar-refractivity contribution < 1.29 is 18.4 Å². The summed E-state index contributed by atoms with van der Waals surface area (Å²) in [5.74, 6) is -3.03. The van der Waals surface area contributed by atoms with E-state index >= 15 is 0 Å². The van der Waals surface area contributed by atoms with Crippen molar-refractivity contribution in [3.05, 3.63) is 40.3 Å². The van der Waals surface area contributed by atoms with E-state index in [0.29, 0.717) is 0 Å². The molecule has 2 atom stereocenters. The Labute approximate surface area is 142 Å². The summed E-state index contributed by atoms with van der Waals surface area (Å²) in [6, 6.07) is 2.49. The van der Waals surface area contributed by atoms with E-state index in [4.69, 9.17) is 5.73 Å². The molecule has 0 spiro atoms. The lowest BCUT2D eigenvalue weighted by Crippen LogP contribution is -2.43. The third-order valence-electron chi connectivity index (χ3n) is 4.16. The average Bonchev–Trinajstić information content (AvgIpc) is 2.88. The molecule has 0 radical (unpaired) electrons. The van der Waals surface area contributed by atoms with Crippen molar-refractivity contribution in [2.24, 2.45) is 11.7 Å². The van der Waals surface area contributed by atoms with E-state index in [-0.39, 0.29) is 5.69 Å². The number of primary amides is 1. The van der Waals surface area contributed by atoms with Crippen molar-refractivity contribution >= 4 is 29.4 Å². The Kier molecular flexibility index (Phi) is 4.75. The quantitative estimate of drug-likeness (QED) is 0.781. The lowest BCUT2D eigenvalue weighted by Gasteiger charge is -2.21. The van der Waals surface area contributed by atoms with Gasteiger partial charge in [0, 0.05) is 11.8 Å². The first-order valence-corrected chi connectivity index (χ1v) is 8.54. The molecule has 3 rings (SSSR count). The minimum atomic E-state index is -1.05. The molecule has 1 aliphatic carbocycles. The zero-order valence-corrected chi connectivity index (χ0v) is 13.6. The minimum Gasteiger partial charge on any atom is -0.369 e. The van der Waals surface area contributed by atoms with Crippen molar-refractivity contribution in [1.29, 1.82) is 0 Å². The van der Waals surface area contributed by atoms with Gasteiger partial charge in [0.15, 0.2) is 11.6 Å². The highest BCUT2D eigenvalue weighted by atomic mass is 32.2. The van der Waals surface area contributed by atoms with E-state index < -0.39 is 34.9 Å². The molecular weight excluding hydrogens is 336 g/mol. The van der Waals surface area contributed by atoms with Gasteiger partial charge in [-0.2, -0.15) is 0 Å². The number of carbonyl (C=O) groups excluding carboxylic acids is 2. The average molecular weight is 353 g/mol. The van der Waals surface area contributed by atoms with Crippen LogP contribution in [0.2, 0.25) is 0 Å². The van der Waals surface area contributed by atoms with Gasteiger partial charge in [-0.1, -0.05) is 0 Å². The largest absolute Gasteiger partial charge is 0.369 e. The normalized spacial score (nSPS) is 22.9. The highest BCUT2D eigenvalue weighted by Gasteiger charge is 2.40. The van der Waals surface area contributed by atoms with Crippen LogP contribution in [0.25, 0.3) is 0 Å². The van der Waals surface area contributed by atoms with E-state index in [2.05, 4.69) is 10.6 Å². The van der Waals surface area contributed by atoms with Crippen molar-refractivity contribution in [1.82, 2.24) is 5.32 Å². The van der Waals surface area contributed by atoms with Crippen LogP contribution in [0.4, 0.5) is 19.3 Å². The van der Waals surface area contributed by atoms with Gasteiger partial charge in [0.2, 0.25) is 5.91 Å². The third kappa shape index (κ3) is 3.38. The summed E-state index contributed by atoms with van der Waals surface area (Å²) >= 11 is 1.45. The number of allylic oxidation sites excluding steroid dienone is 1. The molecule has 0 bridgehead atoms. The third-order valence-corrected chi connectivity index (χ3v) is 5.56. The number of urea groups is 1. The molecule has 3 amide bonds. The molecule has 0 saturated heterocycles. The van der Waals surface area contributed by atoms with Gasteiger partial charge in [0.25, 0.3) is 0 Å². The highest BCUT2D eigenvalue weighted by molar-refractivity contribution is 8.04. The second-order valence-corrected chi connectivity index (χ2v) is 7.04. The fraction of sp³-hybridized carbons (Fsp3) is 0.375. The Balaban J connectivity index is 1.67.